The first-order valence-electron chi connectivity index (χ1n) is 10.7. The number of nitrogens with one attached hydrogen (secondary N) is 1. The van der Waals surface area contributed by atoms with Crippen molar-refractivity contribution in [3.8, 4) is 0 Å². The molecular formula is C22H29N7O2. The van der Waals surface area contributed by atoms with Gasteiger partial charge in [-0.2, -0.15) is 5.10 Å². The lowest BCUT2D eigenvalue weighted by molar-refractivity contribution is 0.0694. The van der Waals surface area contributed by atoms with E-state index >= 15 is 0 Å². The van der Waals surface area contributed by atoms with Gasteiger partial charge in [0.2, 0.25) is 5.95 Å². The first-order chi connectivity index (χ1) is 14.8. The molecule has 1 aliphatic heterocycles. The number of carbonyl (C=O) groups is 1. The van der Waals surface area contributed by atoms with Crippen LogP contribution in [0.25, 0.3) is 10.9 Å². The van der Waals surface area contributed by atoms with Crippen LogP contribution in [0.5, 0.6) is 0 Å². The van der Waals surface area contributed by atoms with Gasteiger partial charge in [0.05, 0.1) is 16.6 Å². The van der Waals surface area contributed by atoms with Gasteiger partial charge in [-0.1, -0.05) is 6.92 Å². The molecule has 0 unspecified atom stereocenters. The highest BCUT2D eigenvalue weighted by Crippen LogP contribution is 2.28. The third-order valence-electron chi connectivity index (χ3n) is 6.07. The number of carbonyl (C=O) groups excluding carboxylic acids is 1. The Bertz CT molecular complexity index is 1190. The van der Waals surface area contributed by atoms with Crippen molar-refractivity contribution >= 4 is 22.8 Å². The number of amides is 1. The molecule has 0 radical (unpaired) electrons. The summed E-state index contributed by atoms with van der Waals surface area (Å²) >= 11 is 0. The van der Waals surface area contributed by atoms with Crippen LogP contribution in [0.2, 0.25) is 0 Å². The molecule has 31 heavy (non-hydrogen) atoms. The number of anilines is 1. The Labute approximate surface area is 181 Å². The van der Waals surface area contributed by atoms with Gasteiger partial charge >= 0.3 is 0 Å². The summed E-state index contributed by atoms with van der Waals surface area (Å²) in [5, 5.41) is 4.96. The average Bonchev–Trinajstić information content (AvgIpc) is 3.05. The summed E-state index contributed by atoms with van der Waals surface area (Å²) in [7, 11) is 5.55. The number of hydrogen-bond acceptors (Lipinski definition) is 6. The van der Waals surface area contributed by atoms with Gasteiger partial charge < -0.3 is 14.8 Å². The molecule has 0 spiro atoms. The Kier molecular flexibility index (Phi) is 5.51. The molecule has 1 amide bonds. The molecule has 0 aliphatic carbocycles. The third kappa shape index (κ3) is 3.80. The second-order valence-electron chi connectivity index (χ2n) is 8.40. The number of H-pyrrole nitrogens is 1. The zero-order valence-electron chi connectivity index (χ0n) is 18.8. The topological polar surface area (TPSA) is 100 Å². The van der Waals surface area contributed by atoms with Gasteiger partial charge in [-0.05, 0) is 32.3 Å². The van der Waals surface area contributed by atoms with E-state index in [9.17, 15) is 9.59 Å². The minimum atomic E-state index is -0.198. The van der Waals surface area contributed by atoms with Crippen molar-refractivity contribution < 1.29 is 4.79 Å². The Morgan fingerprint density at radius 2 is 2.13 bits per heavy atom. The van der Waals surface area contributed by atoms with Crippen LogP contribution >= 0.6 is 0 Å². The van der Waals surface area contributed by atoms with E-state index in [-0.39, 0.29) is 17.4 Å². The number of piperidine rings is 1. The van der Waals surface area contributed by atoms with Gasteiger partial charge in [0, 0.05) is 57.6 Å². The number of pyridine rings is 1. The Hall–Kier alpha value is -3.23. The molecule has 1 aliphatic rings. The molecule has 1 atom stereocenters. The van der Waals surface area contributed by atoms with E-state index in [1.165, 1.54) is 0 Å². The third-order valence-corrected chi connectivity index (χ3v) is 6.07. The molecule has 3 aromatic heterocycles. The minimum absolute atomic E-state index is 0.00254. The van der Waals surface area contributed by atoms with E-state index < -0.39 is 0 Å². The van der Waals surface area contributed by atoms with Crippen LogP contribution in [-0.4, -0.2) is 62.7 Å². The summed E-state index contributed by atoms with van der Waals surface area (Å²) in [5.74, 6) is 0.604. The highest BCUT2D eigenvalue weighted by molar-refractivity contribution is 5.94. The monoisotopic (exact) mass is 423 g/mol. The van der Waals surface area contributed by atoms with E-state index in [2.05, 4.69) is 20.1 Å². The molecule has 0 saturated carbocycles. The number of fused-ring (bicyclic) bond motifs is 1. The molecule has 1 N–H and O–H groups in total. The number of aryl methyl sites for hydroxylation is 2. The molecular weight excluding hydrogens is 394 g/mol. The van der Waals surface area contributed by atoms with Crippen molar-refractivity contribution in [3.63, 3.8) is 0 Å². The van der Waals surface area contributed by atoms with Gasteiger partial charge in [-0.15, -0.1) is 0 Å². The molecule has 0 aromatic carbocycles. The number of aromatic amines is 1. The molecule has 1 saturated heterocycles. The van der Waals surface area contributed by atoms with Gasteiger partial charge in [-0.25, -0.2) is 9.97 Å². The fourth-order valence-corrected chi connectivity index (χ4v) is 4.37. The van der Waals surface area contributed by atoms with E-state index in [1.807, 2.05) is 50.9 Å². The van der Waals surface area contributed by atoms with Crippen molar-refractivity contribution in [1.29, 1.82) is 0 Å². The molecule has 4 heterocycles. The molecule has 1 fully saturated rings. The summed E-state index contributed by atoms with van der Waals surface area (Å²) < 4.78 is 1.69. The summed E-state index contributed by atoms with van der Waals surface area (Å²) in [6.07, 6.45) is 4.14. The number of aromatic nitrogens is 5. The maximum Gasteiger partial charge on any atom is 0.272 e. The number of nitrogens with zero attached hydrogens (tertiary/aromatic N) is 6. The van der Waals surface area contributed by atoms with Crippen LogP contribution < -0.4 is 10.5 Å². The van der Waals surface area contributed by atoms with Crippen molar-refractivity contribution in [2.45, 2.75) is 39.0 Å². The SMILES string of the molecule is CCc1nn(C)c(C(=O)N2CCC[C@@H](c3cc4nc(N(C)C)ncc4c(=O)[nH]3)C2)c1C. The zero-order chi connectivity index (χ0) is 22.3. The van der Waals surface area contributed by atoms with Gasteiger partial charge in [-0.3, -0.25) is 14.3 Å². The Balaban J connectivity index is 1.64. The molecule has 4 rings (SSSR count). The molecule has 9 heteroatoms. The van der Waals surface area contributed by atoms with E-state index in [0.29, 0.717) is 35.6 Å². The summed E-state index contributed by atoms with van der Waals surface area (Å²) in [6.45, 7) is 5.26. The van der Waals surface area contributed by atoms with Crippen molar-refractivity contribution in [1.82, 2.24) is 29.6 Å². The maximum atomic E-state index is 13.3. The lowest BCUT2D eigenvalue weighted by Crippen LogP contribution is -2.40. The Morgan fingerprint density at radius 3 is 2.81 bits per heavy atom. The molecule has 3 aromatic rings. The lowest BCUT2D eigenvalue weighted by Gasteiger charge is -2.33. The standard InChI is InChI=1S/C22H29N7O2/c1-6-16-13(2)19(28(5)26-16)21(31)29-9-7-8-14(12-29)17-10-18-15(20(30)24-17)11-23-22(25-18)27(3)4/h10-11,14H,6-9,12H2,1-5H3,(H,24,30)/t14-/m1/s1. The lowest BCUT2D eigenvalue weighted by atomic mass is 9.93. The van der Waals surface area contributed by atoms with Crippen molar-refractivity contribution in [2.24, 2.45) is 7.05 Å². The van der Waals surface area contributed by atoms with Crippen LogP contribution in [0.15, 0.2) is 17.1 Å². The fraction of sp³-hybridized carbons (Fsp3) is 0.500. The number of hydrogen-bond donors (Lipinski definition) is 1. The second-order valence-corrected chi connectivity index (χ2v) is 8.40. The zero-order valence-corrected chi connectivity index (χ0v) is 18.8. The average molecular weight is 424 g/mol. The fourth-order valence-electron chi connectivity index (χ4n) is 4.37. The molecule has 164 valence electrons. The van der Waals surface area contributed by atoms with Crippen LogP contribution in [0, 0.1) is 6.92 Å². The predicted molar refractivity (Wildman–Crippen MR) is 120 cm³/mol. The van der Waals surface area contributed by atoms with E-state index in [0.717, 1.165) is 36.2 Å². The number of likely N-dealkylation sites (tertiary alicyclic amines) is 1. The summed E-state index contributed by atoms with van der Waals surface area (Å²) in [6, 6.07) is 1.93. The first kappa shape index (κ1) is 21.0. The maximum absolute atomic E-state index is 13.3. The van der Waals surface area contributed by atoms with Gasteiger partial charge in [0.25, 0.3) is 11.5 Å². The van der Waals surface area contributed by atoms with Crippen LogP contribution in [0.3, 0.4) is 0 Å². The van der Waals surface area contributed by atoms with E-state index in [4.69, 9.17) is 0 Å². The summed E-state index contributed by atoms with van der Waals surface area (Å²) in [5.41, 5.74) is 3.79. The highest BCUT2D eigenvalue weighted by atomic mass is 16.2. The second kappa shape index (κ2) is 8.13. The first-order valence-corrected chi connectivity index (χ1v) is 10.7. The van der Waals surface area contributed by atoms with Gasteiger partial charge in [0.1, 0.15) is 5.69 Å². The highest BCUT2D eigenvalue weighted by Gasteiger charge is 2.29. The van der Waals surface area contributed by atoms with Crippen LogP contribution in [-0.2, 0) is 13.5 Å². The molecule has 0 bridgehead atoms. The molecule has 9 nitrogen and oxygen atoms in total. The van der Waals surface area contributed by atoms with Gasteiger partial charge in [0.15, 0.2) is 0 Å². The van der Waals surface area contributed by atoms with E-state index in [1.54, 1.807) is 10.9 Å². The quantitative estimate of drug-likeness (QED) is 0.689. The Morgan fingerprint density at radius 1 is 1.35 bits per heavy atom. The van der Waals surface area contributed by atoms with Crippen molar-refractivity contribution in [2.75, 3.05) is 32.1 Å². The largest absolute Gasteiger partial charge is 0.347 e. The minimum Gasteiger partial charge on any atom is -0.347 e. The predicted octanol–water partition coefficient (Wildman–Crippen LogP) is 2.01. The summed E-state index contributed by atoms with van der Waals surface area (Å²) in [4.78, 5) is 41.4. The van der Waals surface area contributed by atoms with Crippen LogP contribution in [0.4, 0.5) is 5.95 Å². The van der Waals surface area contributed by atoms with Crippen LogP contribution in [0.1, 0.15) is 53.1 Å². The number of rotatable bonds is 4. The normalized spacial score (nSPS) is 16.7. The smallest absolute Gasteiger partial charge is 0.272 e. The van der Waals surface area contributed by atoms with Crippen molar-refractivity contribution in [3.05, 3.63) is 45.3 Å².